The highest BCUT2D eigenvalue weighted by atomic mass is 32.2. The first-order valence-electron chi connectivity index (χ1n) is 6.47. The number of amides is 1. The van der Waals surface area contributed by atoms with E-state index in [-0.39, 0.29) is 11.2 Å². The molecular formula is C14H19NO3S. The molecule has 5 heteroatoms. The molecule has 0 bridgehead atoms. The molecule has 1 amide bonds. The number of hydrogen-bond donors (Lipinski definition) is 1. The van der Waals surface area contributed by atoms with Gasteiger partial charge in [-0.2, -0.15) is 0 Å². The number of likely N-dealkylation sites (tertiary alicyclic amines) is 1. The maximum Gasteiger partial charge on any atom is 0.253 e. The third-order valence-electron chi connectivity index (χ3n) is 3.21. The average Bonchev–Trinajstić information content (AvgIpc) is 2.84. The molecule has 1 aliphatic heterocycles. The van der Waals surface area contributed by atoms with E-state index in [9.17, 15) is 14.1 Å². The first-order valence-corrected chi connectivity index (χ1v) is 7.68. The summed E-state index contributed by atoms with van der Waals surface area (Å²) in [6.45, 7) is 4.81. The van der Waals surface area contributed by atoms with Crippen LogP contribution in [0.5, 0.6) is 0 Å². The van der Waals surface area contributed by atoms with Crippen molar-refractivity contribution in [2.24, 2.45) is 0 Å². The Bertz CT molecular complexity index is 484. The minimum atomic E-state index is -1.03. The molecule has 1 N–H and O–H groups in total. The molecule has 1 unspecified atom stereocenters. The van der Waals surface area contributed by atoms with Crippen LogP contribution < -0.4 is 0 Å². The number of rotatable bonds is 3. The van der Waals surface area contributed by atoms with E-state index in [1.807, 2.05) is 13.8 Å². The average molecular weight is 281 g/mol. The number of β-amino-alcohol motifs (C(OH)–C–C–N with tert-alkyl or cyclic N) is 1. The van der Waals surface area contributed by atoms with Crippen LogP contribution in [0.1, 0.15) is 30.6 Å². The van der Waals surface area contributed by atoms with Crippen LogP contribution >= 0.6 is 0 Å². The number of aliphatic hydroxyl groups is 1. The van der Waals surface area contributed by atoms with Gasteiger partial charge in [0.2, 0.25) is 0 Å². The third-order valence-corrected chi connectivity index (χ3v) is 4.81. The summed E-state index contributed by atoms with van der Waals surface area (Å²) in [6.07, 6.45) is 0.234. The van der Waals surface area contributed by atoms with Gasteiger partial charge < -0.3 is 10.0 Å². The Morgan fingerprint density at radius 3 is 2.47 bits per heavy atom. The number of benzene rings is 1. The summed E-state index contributed by atoms with van der Waals surface area (Å²) >= 11 is 0. The van der Waals surface area contributed by atoms with E-state index in [0.717, 1.165) is 4.90 Å². The molecule has 1 aromatic carbocycles. The van der Waals surface area contributed by atoms with Gasteiger partial charge >= 0.3 is 0 Å². The van der Waals surface area contributed by atoms with Crippen molar-refractivity contribution in [3.63, 3.8) is 0 Å². The lowest BCUT2D eigenvalue weighted by atomic mass is 10.2. The monoisotopic (exact) mass is 281 g/mol. The molecule has 1 aromatic rings. The maximum atomic E-state index is 12.1. The maximum absolute atomic E-state index is 12.1. The molecule has 4 nitrogen and oxygen atoms in total. The summed E-state index contributed by atoms with van der Waals surface area (Å²) in [5.74, 6) is -0.0709. The van der Waals surface area contributed by atoms with E-state index in [1.165, 1.54) is 0 Å². The van der Waals surface area contributed by atoms with Crippen LogP contribution in [0.4, 0.5) is 0 Å². The summed E-state index contributed by atoms with van der Waals surface area (Å²) in [5, 5.41) is 9.50. The molecule has 0 radical (unpaired) electrons. The molecule has 2 rings (SSSR count). The van der Waals surface area contributed by atoms with Crippen molar-refractivity contribution in [2.45, 2.75) is 36.5 Å². The van der Waals surface area contributed by atoms with Crippen molar-refractivity contribution >= 4 is 16.7 Å². The highest BCUT2D eigenvalue weighted by Crippen LogP contribution is 2.16. The molecule has 2 atom stereocenters. The Kier molecular flexibility index (Phi) is 4.37. The second-order valence-corrected chi connectivity index (χ2v) is 7.07. The van der Waals surface area contributed by atoms with Gasteiger partial charge in [0.05, 0.1) is 16.9 Å². The predicted octanol–water partition coefficient (Wildman–Crippen LogP) is 1.41. The number of hydrogen-bond acceptors (Lipinski definition) is 3. The number of carbonyl (C=O) groups excluding carboxylic acids is 1. The molecule has 0 aliphatic carbocycles. The first-order chi connectivity index (χ1) is 8.99. The van der Waals surface area contributed by atoms with E-state index in [1.54, 1.807) is 29.2 Å². The summed E-state index contributed by atoms with van der Waals surface area (Å²) < 4.78 is 11.9. The topological polar surface area (TPSA) is 57.6 Å². The fourth-order valence-corrected chi connectivity index (χ4v) is 3.06. The lowest BCUT2D eigenvalue weighted by Gasteiger charge is -2.15. The Morgan fingerprint density at radius 2 is 2.00 bits per heavy atom. The van der Waals surface area contributed by atoms with Crippen LogP contribution in [0.25, 0.3) is 0 Å². The zero-order valence-electron chi connectivity index (χ0n) is 11.2. The Morgan fingerprint density at radius 1 is 1.37 bits per heavy atom. The summed E-state index contributed by atoms with van der Waals surface area (Å²) in [7, 11) is -1.03. The van der Waals surface area contributed by atoms with Crippen molar-refractivity contribution < 1.29 is 14.1 Å². The smallest absolute Gasteiger partial charge is 0.253 e. The van der Waals surface area contributed by atoms with E-state index in [2.05, 4.69) is 0 Å². The highest BCUT2D eigenvalue weighted by Gasteiger charge is 2.25. The molecule has 104 valence electrons. The molecule has 0 saturated carbocycles. The fraction of sp³-hybridized carbons (Fsp3) is 0.500. The van der Waals surface area contributed by atoms with Gasteiger partial charge in [-0.05, 0) is 30.7 Å². The van der Waals surface area contributed by atoms with Crippen molar-refractivity contribution in [3.8, 4) is 0 Å². The zero-order valence-corrected chi connectivity index (χ0v) is 12.0. The normalized spacial score (nSPS) is 20.8. The van der Waals surface area contributed by atoms with E-state index < -0.39 is 16.9 Å². The van der Waals surface area contributed by atoms with Gasteiger partial charge in [0, 0.05) is 28.8 Å². The second-order valence-electron chi connectivity index (χ2n) is 5.06. The van der Waals surface area contributed by atoms with Crippen LogP contribution in [0.15, 0.2) is 29.2 Å². The van der Waals surface area contributed by atoms with Crippen LogP contribution in [0.3, 0.4) is 0 Å². The highest BCUT2D eigenvalue weighted by molar-refractivity contribution is 7.85. The standard InChI is InChI=1S/C14H19NO3S/c1-10(2)19(18)13-5-3-11(4-6-13)14(17)15-8-7-12(16)9-15/h3-6,10,12,16H,7-9H2,1-2H3/t12-,19?/m1/s1. The minimum absolute atomic E-state index is 0.0651. The second kappa shape index (κ2) is 5.84. The number of carbonyl (C=O) groups is 1. The van der Waals surface area contributed by atoms with Crippen LogP contribution in [0, 0.1) is 0 Å². The van der Waals surface area contributed by atoms with Crippen LogP contribution in [0.2, 0.25) is 0 Å². The van der Waals surface area contributed by atoms with Crippen molar-refractivity contribution in [1.29, 1.82) is 0 Å². The third kappa shape index (κ3) is 3.22. The number of aliphatic hydroxyl groups excluding tert-OH is 1. The summed E-state index contributed by atoms with van der Waals surface area (Å²) in [6, 6.07) is 6.91. The number of nitrogens with zero attached hydrogens (tertiary/aromatic N) is 1. The first kappa shape index (κ1) is 14.2. The van der Waals surface area contributed by atoms with Gasteiger partial charge in [-0.15, -0.1) is 0 Å². The molecule has 0 spiro atoms. The Labute approximate surface area is 115 Å². The van der Waals surface area contributed by atoms with Gasteiger partial charge in [0.1, 0.15) is 0 Å². The predicted molar refractivity (Wildman–Crippen MR) is 74.5 cm³/mol. The van der Waals surface area contributed by atoms with Gasteiger partial charge in [-0.25, -0.2) is 0 Å². The minimum Gasteiger partial charge on any atom is -0.391 e. The van der Waals surface area contributed by atoms with Gasteiger partial charge in [-0.3, -0.25) is 9.00 Å². The van der Waals surface area contributed by atoms with Gasteiger partial charge in [0.25, 0.3) is 5.91 Å². The van der Waals surface area contributed by atoms with Gasteiger partial charge in [0.15, 0.2) is 0 Å². The SMILES string of the molecule is CC(C)S(=O)c1ccc(C(=O)N2CC[C@@H](O)C2)cc1. The van der Waals surface area contributed by atoms with E-state index >= 15 is 0 Å². The Balaban J connectivity index is 2.10. The van der Waals surface area contributed by atoms with E-state index in [0.29, 0.717) is 25.1 Å². The zero-order chi connectivity index (χ0) is 14.0. The molecule has 1 heterocycles. The fourth-order valence-electron chi connectivity index (χ4n) is 2.11. The van der Waals surface area contributed by atoms with Crippen LogP contribution in [-0.2, 0) is 10.8 Å². The molecule has 1 saturated heterocycles. The van der Waals surface area contributed by atoms with Crippen LogP contribution in [-0.4, -0.2) is 44.6 Å². The lowest BCUT2D eigenvalue weighted by Crippen LogP contribution is -2.29. The summed E-state index contributed by atoms with van der Waals surface area (Å²) in [5.41, 5.74) is 0.582. The van der Waals surface area contributed by atoms with Crippen molar-refractivity contribution in [2.75, 3.05) is 13.1 Å². The molecule has 1 fully saturated rings. The molecule has 1 aliphatic rings. The largest absolute Gasteiger partial charge is 0.391 e. The Hall–Kier alpha value is -1.20. The molecule has 19 heavy (non-hydrogen) atoms. The molecule has 0 aromatic heterocycles. The van der Waals surface area contributed by atoms with E-state index in [4.69, 9.17) is 0 Å². The quantitative estimate of drug-likeness (QED) is 0.911. The summed E-state index contributed by atoms with van der Waals surface area (Å²) in [4.78, 5) is 14.5. The van der Waals surface area contributed by atoms with Crippen molar-refractivity contribution in [1.82, 2.24) is 4.90 Å². The molecular weight excluding hydrogens is 262 g/mol. The van der Waals surface area contributed by atoms with Crippen molar-refractivity contribution in [3.05, 3.63) is 29.8 Å². The van der Waals surface area contributed by atoms with Gasteiger partial charge in [-0.1, -0.05) is 13.8 Å². The lowest BCUT2D eigenvalue weighted by molar-refractivity contribution is 0.0765.